The molecule has 0 saturated carbocycles. The number of rotatable bonds is 3. The SMILES string of the molecule is [2H]C(=O)/C(B)=C(\O)C(=O)OCC. The van der Waals surface area contributed by atoms with E-state index in [1.54, 1.807) is 6.92 Å². The van der Waals surface area contributed by atoms with Crippen LogP contribution in [0.4, 0.5) is 0 Å². The van der Waals surface area contributed by atoms with Crippen molar-refractivity contribution < 1.29 is 20.8 Å². The monoisotopic (exact) mass is 157 g/mol. The van der Waals surface area contributed by atoms with Crippen LogP contribution in [0.5, 0.6) is 0 Å². The summed E-state index contributed by atoms with van der Waals surface area (Å²) in [5.74, 6) is -1.77. The molecule has 0 aromatic heterocycles. The zero-order valence-electron chi connectivity index (χ0n) is 7.38. The summed E-state index contributed by atoms with van der Waals surface area (Å²) in [6.07, 6.45) is -1.10. The van der Waals surface area contributed by atoms with Gasteiger partial charge in [0.15, 0.2) is 5.76 Å². The molecule has 60 valence electrons. The molecule has 0 radical (unpaired) electrons. The molecule has 1 N–H and O–H groups in total. The molecule has 0 atom stereocenters. The number of ether oxygens (including phenoxy) is 1. The Kier molecular flexibility index (Phi) is 3.24. The molecule has 5 heteroatoms. The number of carbonyl (C=O) groups excluding carboxylic acids is 2. The molecular weight excluding hydrogens is 147 g/mol. The average molecular weight is 157 g/mol. The van der Waals surface area contributed by atoms with Crippen molar-refractivity contribution in [2.24, 2.45) is 0 Å². The maximum absolute atomic E-state index is 10.7. The first-order valence-corrected chi connectivity index (χ1v) is 3.08. The number of esters is 1. The van der Waals surface area contributed by atoms with Gasteiger partial charge in [0.05, 0.1) is 6.61 Å². The van der Waals surface area contributed by atoms with Gasteiger partial charge < -0.3 is 9.84 Å². The number of carbonyl (C=O) groups is 2. The third-order valence-electron chi connectivity index (χ3n) is 0.977. The van der Waals surface area contributed by atoms with Gasteiger partial charge in [-0.2, -0.15) is 0 Å². The van der Waals surface area contributed by atoms with Gasteiger partial charge in [0.25, 0.3) is 0 Å². The van der Waals surface area contributed by atoms with Gasteiger partial charge in [0.1, 0.15) is 15.5 Å². The van der Waals surface area contributed by atoms with Crippen molar-refractivity contribution in [3.63, 3.8) is 0 Å². The number of aliphatic hydroxyl groups is 1. The third kappa shape index (κ3) is 2.88. The summed E-state index contributed by atoms with van der Waals surface area (Å²) >= 11 is 0. The average Bonchev–Trinajstić information content (AvgIpc) is 2.02. The molecule has 11 heavy (non-hydrogen) atoms. The minimum Gasteiger partial charge on any atom is -0.502 e. The molecule has 0 aromatic carbocycles. The van der Waals surface area contributed by atoms with Crippen molar-refractivity contribution >= 4 is 20.1 Å². The van der Waals surface area contributed by atoms with E-state index in [-0.39, 0.29) is 12.1 Å². The van der Waals surface area contributed by atoms with Crippen LogP contribution in [0.2, 0.25) is 0 Å². The van der Waals surface area contributed by atoms with Crippen molar-refractivity contribution in [3.8, 4) is 0 Å². The quantitative estimate of drug-likeness (QED) is 0.190. The van der Waals surface area contributed by atoms with Gasteiger partial charge >= 0.3 is 5.97 Å². The molecule has 0 bridgehead atoms. The highest BCUT2D eigenvalue weighted by Gasteiger charge is 2.10. The number of aldehydes is 1. The van der Waals surface area contributed by atoms with Crippen LogP contribution >= 0.6 is 0 Å². The highest BCUT2D eigenvalue weighted by molar-refractivity contribution is 6.34. The minimum absolute atomic E-state index is 0.113. The van der Waals surface area contributed by atoms with Gasteiger partial charge in [0.2, 0.25) is 0 Å². The molecule has 0 fully saturated rings. The van der Waals surface area contributed by atoms with Gasteiger partial charge in [-0.05, 0) is 12.4 Å². The maximum Gasteiger partial charge on any atom is 0.372 e. The topological polar surface area (TPSA) is 63.6 Å². The fraction of sp³-hybridized carbons (Fsp3) is 0.333. The lowest BCUT2D eigenvalue weighted by molar-refractivity contribution is -0.141. The van der Waals surface area contributed by atoms with Crippen molar-refractivity contribution in [3.05, 3.63) is 11.2 Å². The van der Waals surface area contributed by atoms with Crippen LogP contribution in [0.1, 0.15) is 8.29 Å². The van der Waals surface area contributed by atoms with Gasteiger partial charge in [-0.1, -0.05) is 0 Å². The second kappa shape index (κ2) is 4.54. The summed E-state index contributed by atoms with van der Waals surface area (Å²) < 4.78 is 11.0. The Balaban J connectivity index is 4.55. The zero-order valence-corrected chi connectivity index (χ0v) is 6.38. The number of aliphatic hydroxyl groups excluding tert-OH is 1. The van der Waals surface area contributed by atoms with E-state index in [9.17, 15) is 9.59 Å². The predicted octanol–water partition coefficient (Wildman–Crippen LogP) is -0.849. The smallest absolute Gasteiger partial charge is 0.372 e. The third-order valence-corrected chi connectivity index (χ3v) is 0.977. The minimum atomic E-state index is -1.10. The summed E-state index contributed by atoms with van der Waals surface area (Å²) in [6.45, 7) is 1.69. The first-order valence-electron chi connectivity index (χ1n) is 3.58. The number of hydrogen-bond acceptors (Lipinski definition) is 4. The van der Waals surface area contributed by atoms with Crippen LogP contribution in [0.3, 0.4) is 0 Å². The van der Waals surface area contributed by atoms with Crippen molar-refractivity contribution in [1.82, 2.24) is 0 Å². The summed E-state index contributed by atoms with van der Waals surface area (Å²) in [4.78, 5) is 21.1. The van der Waals surface area contributed by atoms with E-state index in [1.807, 2.05) is 0 Å². The molecule has 0 aliphatic heterocycles. The van der Waals surface area contributed by atoms with Gasteiger partial charge in [-0.15, -0.1) is 0 Å². The molecule has 4 nitrogen and oxygen atoms in total. The van der Waals surface area contributed by atoms with Crippen LogP contribution in [-0.2, 0) is 14.3 Å². The Morgan fingerprint density at radius 3 is 2.82 bits per heavy atom. The normalized spacial score (nSPS) is 13.0. The van der Waals surface area contributed by atoms with Crippen LogP contribution in [0, 0.1) is 0 Å². The number of allylic oxidation sites excluding steroid dienone is 1. The lowest BCUT2D eigenvalue weighted by atomic mass is 9.96. The van der Waals surface area contributed by atoms with E-state index >= 15 is 0 Å². The second-order valence-electron chi connectivity index (χ2n) is 1.80. The van der Waals surface area contributed by atoms with Gasteiger partial charge in [-0.3, -0.25) is 4.79 Å². The molecule has 0 heterocycles. The molecule has 0 unspecified atom stereocenters. The van der Waals surface area contributed by atoms with Crippen molar-refractivity contribution in [2.75, 3.05) is 6.61 Å². The molecule has 0 spiro atoms. The van der Waals surface area contributed by atoms with Gasteiger partial charge in [0, 0.05) is 0 Å². The van der Waals surface area contributed by atoms with Gasteiger partial charge in [-0.25, -0.2) is 4.79 Å². The summed E-state index contributed by atoms with van der Waals surface area (Å²) in [7, 11) is 1.18. The summed E-state index contributed by atoms with van der Waals surface area (Å²) in [5.41, 5.74) is -0.312. The number of hydrogen-bond donors (Lipinski definition) is 1. The van der Waals surface area contributed by atoms with Crippen molar-refractivity contribution in [1.29, 1.82) is 0 Å². The molecule has 0 aromatic rings. The first-order chi connectivity index (χ1) is 5.50. The Morgan fingerprint density at radius 1 is 1.91 bits per heavy atom. The fourth-order valence-electron chi connectivity index (χ4n) is 0.401. The van der Waals surface area contributed by atoms with E-state index in [4.69, 9.17) is 6.48 Å². The first kappa shape index (κ1) is 7.85. The van der Waals surface area contributed by atoms with Crippen LogP contribution < -0.4 is 0 Å². The van der Waals surface area contributed by atoms with E-state index in [0.29, 0.717) is 0 Å². The highest BCUT2D eigenvalue weighted by Crippen LogP contribution is 1.96. The van der Waals surface area contributed by atoms with Crippen molar-refractivity contribution in [2.45, 2.75) is 6.92 Å². The van der Waals surface area contributed by atoms with E-state index in [2.05, 4.69) is 4.74 Å². The molecule has 0 aliphatic rings. The highest BCUT2D eigenvalue weighted by atomic mass is 16.5. The maximum atomic E-state index is 10.7. The Labute approximate surface area is 66.7 Å². The predicted molar refractivity (Wildman–Crippen MR) is 40.9 cm³/mol. The standard InChI is InChI=1S/C6H9BO4/c1-2-11-6(10)5(9)4(7)3-8/h3,9H,2,7H2,1H3/b5-4+/i3D. The lowest BCUT2D eigenvalue weighted by Gasteiger charge is -2.00. The Hall–Kier alpha value is -1.26. The van der Waals surface area contributed by atoms with E-state index < -0.39 is 18.0 Å². The molecule has 0 saturated heterocycles. The molecule has 0 rings (SSSR count). The lowest BCUT2D eigenvalue weighted by Crippen LogP contribution is -2.10. The molecular formula is C6H9BO4. The Morgan fingerprint density at radius 2 is 2.45 bits per heavy atom. The molecule has 0 amide bonds. The van der Waals surface area contributed by atoms with Crippen LogP contribution in [0.25, 0.3) is 0 Å². The Bertz CT molecular complexity index is 236. The van der Waals surface area contributed by atoms with Crippen LogP contribution in [0.15, 0.2) is 11.2 Å². The van der Waals surface area contributed by atoms with Crippen LogP contribution in [-0.4, -0.2) is 31.8 Å². The second-order valence-corrected chi connectivity index (χ2v) is 1.80. The summed E-state index contributed by atoms with van der Waals surface area (Å²) in [6, 6.07) is 0. The molecule has 0 aliphatic carbocycles. The van der Waals surface area contributed by atoms with E-state index in [1.165, 1.54) is 7.85 Å². The van der Waals surface area contributed by atoms with E-state index in [0.717, 1.165) is 0 Å². The summed E-state index contributed by atoms with van der Waals surface area (Å²) in [5, 5.41) is 8.95. The zero-order chi connectivity index (χ0) is 9.72. The largest absolute Gasteiger partial charge is 0.502 e. The fourth-order valence-corrected chi connectivity index (χ4v) is 0.401.